The minimum atomic E-state index is -4.10. The average Bonchev–Trinajstić information content (AvgIpc) is 3.08. The van der Waals surface area contributed by atoms with Crippen molar-refractivity contribution >= 4 is 18.0 Å². The molecule has 2 aromatic rings. The van der Waals surface area contributed by atoms with Gasteiger partial charge in [0.1, 0.15) is 12.6 Å². The highest BCUT2D eigenvalue weighted by molar-refractivity contribution is 5.86. The Morgan fingerprint density at radius 3 is 2.13 bits per heavy atom. The maximum atomic E-state index is 13.1. The van der Waals surface area contributed by atoms with Gasteiger partial charge in [0.2, 0.25) is 5.91 Å². The molecule has 0 saturated heterocycles. The minimum Gasteiger partial charge on any atom is -0.477 e. The Balaban J connectivity index is 1.59. The zero-order valence-electron chi connectivity index (χ0n) is 16.7. The first-order chi connectivity index (χ1) is 14.7. The van der Waals surface area contributed by atoms with Gasteiger partial charge in [0.05, 0.1) is 6.54 Å². The van der Waals surface area contributed by atoms with Crippen molar-refractivity contribution in [2.45, 2.75) is 31.2 Å². The molecule has 0 aliphatic heterocycles. The number of nitrogens with one attached hydrogen (secondary N) is 2. The summed E-state index contributed by atoms with van der Waals surface area (Å²) in [5, 5.41) is 12.6. The molecule has 0 aromatic heterocycles. The van der Waals surface area contributed by atoms with Crippen molar-refractivity contribution in [3.8, 4) is 11.1 Å². The maximum absolute atomic E-state index is 13.1. The number of rotatable bonds is 8. The van der Waals surface area contributed by atoms with Gasteiger partial charge in [-0.3, -0.25) is 4.79 Å². The molecule has 3 rings (SSSR count). The van der Waals surface area contributed by atoms with E-state index in [2.05, 4.69) is 5.32 Å². The second kappa shape index (κ2) is 9.11. The number of fused-ring (bicyclic) bond motifs is 3. The van der Waals surface area contributed by atoms with Crippen LogP contribution in [0.3, 0.4) is 0 Å². The SMILES string of the molecule is CC[C@@H](NC(=O)OCC1c2ccccc2-c2ccccc21)C(=O)NCC(F)(F)C(=O)O. The quantitative estimate of drug-likeness (QED) is 0.595. The molecule has 0 bridgehead atoms. The monoisotopic (exact) mass is 432 g/mol. The molecule has 7 nitrogen and oxygen atoms in total. The van der Waals surface area contributed by atoms with E-state index in [0.29, 0.717) is 0 Å². The molecule has 0 saturated carbocycles. The van der Waals surface area contributed by atoms with Crippen LogP contribution in [-0.4, -0.2) is 48.2 Å². The fourth-order valence-corrected chi connectivity index (χ4v) is 3.53. The number of halogens is 2. The average molecular weight is 432 g/mol. The van der Waals surface area contributed by atoms with E-state index in [9.17, 15) is 23.2 Å². The Bertz CT molecular complexity index is 950. The molecule has 1 aliphatic rings. The van der Waals surface area contributed by atoms with E-state index < -0.39 is 36.5 Å². The van der Waals surface area contributed by atoms with Crippen LogP contribution in [0.25, 0.3) is 11.1 Å². The number of alkyl carbamates (subject to hydrolysis) is 1. The standard InChI is InChI=1S/C22H22F2N2O5/c1-2-18(19(27)25-12-22(23,24)20(28)29)26-21(30)31-11-17-15-9-5-3-7-13(15)14-8-4-6-10-16(14)17/h3-10,17-18H,2,11-12H2,1H3,(H,25,27)(H,26,30)(H,28,29)/t18-/m1/s1. The molecular formula is C22H22F2N2O5. The number of aliphatic carboxylic acids is 1. The van der Waals surface area contributed by atoms with Gasteiger partial charge < -0.3 is 20.5 Å². The number of alkyl halides is 2. The van der Waals surface area contributed by atoms with E-state index >= 15 is 0 Å². The molecule has 2 aromatic carbocycles. The number of carbonyl (C=O) groups is 3. The molecule has 2 amide bonds. The van der Waals surface area contributed by atoms with Crippen LogP contribution in [0.2, 0.25) is 0 Å². The Hall–Kier alpha value is -3.49. The van der Waals surface area contributed by atoms with Gasteiger partial charge in [-0.1, -0.05) is 55.5 Å². The number of carboxylic acid groups (broad SMARTS) is 1. The van der Waals surface area contributed by atoms with E-state index in [1.54, 1.807) is 6.92 Å². The Labute approximate surface area is 177 Å². The highest BCUT2D eigenvalue weighted by Gasteiger charge is 2.39. The lowest BCUT2D eigenvalue weighted by molar-refractivity contribution is -0.164. The van der Waals surface area contributed by atoms with Gasteiger partial charge in [0.15, 0.2) is 0 Å². The fraction of sp³-hybridized carbons (Fsp3) is 0.318. The third-order valence-electron chi connectivity index (χ3n) is 5.16. The van der Waals surface area contributed by atoms with Gasteiger partial charge in [-0.05, 0) is 28.7 Å². The van der Waals surface area contributed by atoms with Gasteiger partial charge >= 0.3 is 18.0 Å². The molecule has 0 radical (unpaired) electrons. The number of ether oxygens (including phenoxy) is 1. The van der Waals surface area contributed by atoms with Crippen molar-refractivity contribution in [1.29, 1.82) is 0 Å². The van der Waals surface area contributed by atoms with Crippen LogP contribution in [0.5, 0.6) is 0 Å². The summed E-state index contributed by atoms with van der Waals surface area (Å²) in [4.78, 5) is 34.8. The Kier molecular flexibility index (Phi) is 6.53. The summed E-state index contributed by atoms with van der Waals surface area (Å²) in [6, 6.07) is 14.5. The third kappa shape index (κ3) is 4.82. The van der Waals surface area contributed by atoms with Crippen molar-refractivity contribution < 1.29 is 33.0 Å². The van der Waals surface area contributed by atoms with Crippen LogP contribution in [0.15, 0.2) is 48.5 Å². The summed E-state index contributed by atoms with van der Waals surface area (Å²) < 4.78 is 31.6. The first kappa shape index (κ1) is 22.2. The fourth-order valence-electron chi connectivity index (χ4n) is 3.53. The Morgan fingerprint density at radius 2 is 1.61 bits per heavy atom. The van der Waals surface area contributed by atoms with E-state index in [1.807, 2.05) is 53.8 Å². The summed E-state index contributed by atoms with van der Waals surface area (Å²) in [6.07, 6.45) is -0.761. The first-order valence-corrected chi connectivity index (χ1v) is 9.75. The topological polar surface area (TPSA) is 105 Å². The summed E-state index contributed by atoms with van der Waals surface area (Å²) in [5.74, 6) is -7.53. The predicted octanol–water partition coefficient (Wildman–Crippen LogP) is 3.14. The van der Waals surface area contributed by atoms with Crippen LogP contribution >= 0.6 is 0 Å². The maximum Gasteiger partial charge on any atom is 0.407 e. The highest BCUT2D eigenvalue weighted by Crippen LogP contribution is 2.44. The van der Waals surface area contributed by atoms with Gasteiger partial charge in [-0.15, -0.1) is 0 Å². The van der Waals surface area contributed by atoms with Crippen LogP contribution < -0.4 is 10.6 Å². The van der Waals surface area contributed by atoms with E-state index in [1.165, 1.54) is 0 Å². The summed E-state index contributed by atoms with van der Waals surface area (Å²) in [6.45, 7) is 0.238. The van der Waals surface area contributed by atoms with Crippen molar-refractivity contribution in [2.75, 3.05) is 13.2 Å². The van der Waals surface area contributed by atoms with E-state index in [-0.39, 0.29) is 18.9 Å². The van der Waals surface area contributed by atoms with E-state index in [0.717, 1.165) is 22.3 Å². The van der Waals surface area contributed by atoms with Crippen LogP contribution in [-0.2, 0) is 14.3 Å². The molecule has 3 N–H and O–H groups in total. The summed E-state index contributed by atoms with van der Waals surface area (Å²) >= 11 is 0. The van der Waals surface area contributed by atoms with Crippen LogP contribution in [0.4, 0.5) is 13.6 Å². The molecule has 1 aliphatic carbocycles. The third-order valence-corrected chi connectivity index (χ3v) is 5.16. The van der Waals surface area contributed by atoms with Crippen LogP contribution in [0.1, 0.15) is 30.4 Å². The lowest BCUT2D eigenvalue weighted by Gasteiger charge is -2.19. The molecule has 0 unspecified atom stereocenters. The van der Waals surface area contributed by atoms with Gasteiger partial charge in [-0.2, -0.15) is 8.78 Å². The minimum absolute atomic E-state index is 0.0367. The number of amides is 2. The van der Waals surface area contributed by atoms with Gasteiger partial charge in [0, 0.05) is 5.92 Å². The second-order valence-electron chi connectivity index (χ2n) is 7.16. The van der Waals surface area contributed by atoms with Crippen molar-refractivity contribution in [3.05, 3.63) is 59.7 Å². The second-order valence-corrected chi connectivity index (χ2v) is 7.16. The molecule has 1 atom stereocenters. The lowest BCUT2D eigenvalue weighted by atomic mass is 9.98. The number of carbonyl (C=O) groups excluding carboxylic acids is 2. The summed E-state index contributed by atoms with van der Waals surface area (Å²) in [5.41, 5.74) is 4.18. The van der Waals surface area contributed by atoms with Gasteiger partial charge in [0.25, 0.3) is 0 Å². The number of benzene rings is 2. The number of hydrogen-bond donors (Lipinski definition) is 3. The normalized spacial score (nSPS) is 13.6. The van der Waals surface area contributed by atoms with E-state index in [4.69, 9.17) is 9.84 Å². The first-order valence-electron chi connectivity index (χ1n) is 9.75. The largest absolute Gasteiger partial charge is 0.477 e. The highest BCUT2D eigenvalue weighted by atomic mass is 19.3. The molecule has 9 heteroatoms. The van der Waals surface area contributed by atoms with Crippen molar-refractivity contribution in [1.82, 2.24) is 10.6 Å². The molecule has 164 valence electrons. The number of carboxylic acids is 1. The molecular weight excluding hydrogens is 410 g/mol. The lowest BCUT2D eigenvalue weighted by Crippen LogP contribution is -2.50. The Morgan fingerprint density at radius 1 is 1.06 bits per heavy atom. The molecule has 31 heavy (non-hydrogen) atoms. The molecule has 0 spiro atoms. The number of hydrogen-bond acceptors (Lipinski definition) is 4. The predicted molar refractivity (Wildman–Crippen MR) is 108 cm³/mol. The zero-order chi connectivity index (χ0) is 22.6. The summed E-state index contributed by atoms with van der Waals surface area (Å²) in [7, 11) is 0. The zero-order valence-corrected chi connectivity index (χ0v) is 16.7. The van der Waals surface area contributed by atoms with Crippen molar-refractivity contribution in [3.63, 3.8) is 0 Å². The molecule has 0 heterocycles. The van der Waals surface area contributed by atoms with Crippen molar-refractivity contribution in [2.24, 2.45) is 0 Å². The van der Waals surface area contributed by atoms with Gasteiger partial charge in [-0.25, -0.2) is 9.59 Å². The molecule has 0 fully saturated rings. The van der Waals surface area contributed by atoms with Crippen LogP contribution in [0, 0.1) is 0 Å². The smallest absolute Gasteiger partial charge is 0.407 e.